The molecular weight excluding hydrogens is 312 g/mol. The molecule has 2 aromatic rings. The van der Waals surface area contributed by atoms with Crippen LogP contribution in [0.5, 0.6) is 0 Å². The highest BCUT2D eigenvalue weighted by atomic mass is 16.5. The molecule has 0 amide bonds. The minimum Gasteiger partial charge on any atom is -0.361 e. The number of aromatic nitrogens is 1. The molecular formula is C20H28N4O. The van der Waals surface area contributed by atoms with E-state index in [9.17, 15) is 0 Å². The first kappa shape index (κ1) is 16.8. The van der Waals surface area contributed by atoms with Gasteiger partial charge in [-0.25, -0.2) is 5.43 Å². The van der Waals surface area contributed by atoms with Gasteiger partial charge < -0.3 is 4.52 Å². The summed E-state index contributed by atoms with van der Waals surface area (Å²) in [6.07, 6.45) is 3.50. The maximum atomic E-state index is 5.31. The Kier molecular flexibility index (Phi) is 4.88. The van der Waals surface area contributed by atoms with Gasteiger partial charge in [-0.2, -0.15) is 0 Å². The molecule has 25 heavy (non-hydrogen) atoms. The van der Waals surface area contributed by atoms with E-state index in [1.165, 1.54) is 24.0 Å². The van der Waals surface area contributed by atoms with Gasteiger partial charge in [0.2, 0.25) is 0 Å². The number of hydrogen-bond acceptors (Lipinski definition) is 5. The van der Waals surface area contributed by atoms with Gasteiger partial charge in [-0.15, -0.1) is 0 Å². The SMILES string of the molecule is CCc1ccc(C2NNCC2CN2CCCC2c2cc(C)on2)cc1. The van der Waals surface area contributed by atoms with Crippen molar-refractivity contribution in [2.45, 2.75) is 45.2 Å². The van der Waals surface area contributed by atoms with E-state index in [2.05, 4.69) is 58.2 Å². The number of benzene rings is 1. The van der Waals surface area contributed by atoms with Gasteiger partial charge in [-0.05, 0) is 43.9 Å². The average Bonchev–Trinajstić information content (AvgIpc) is 3.36. The van der Waals surface area contributed by atoms with E-state index in [0.29, 0.717) is 18.0 Å². The van der Waals surface area contributed by atoms with Crippen molar-refractivity contribution in [1.29, 1.82) is 0 Å². The zero-order chi connectivity index (χ0) is 17.2. The first-order chi connectivity index (χ1) is 12.2. The minimum atomic E-state index is 0.367. The molecule has 134 valence electrons. The third-order valence-electron chi connectivity index (χ3n) is 5.66. The Hall–Kier alpha value is -1.69. The van der Waals surface area contributed by atoms with Crippen LogP contribution in [-0.4, -0.2) is 29.7 Å². The fourth-order valence-electron chi connectivity index (χ4n) is 4.25. The summed E-state index contributed by atoms with van der Waals surface area (Å²) < 4.78 is 5.31. The fraction of sp³-hybridized carbons (Fsp3) is 0.550. The molecule has 0 spiro atoms. The molecule has 0 saturated carbocycles. The normalized spacial score (nSPS) is 27.2. The average molecular weight is 340 g/mol. The second-order valence-corrected chi connectivity index (χ2v) is 7.37. The zero-order valence-corrected chi connectivity index (χ0v) is 15.2. The number of nitrogens with one attached hydrogen (secondary N) is 2. The van der Waals surface area contributed by atoms with Crippen molar-refractivity contribution in [1.82, 2.24) is 20.9 Å². The third-order valence-corrected chi connectivity index (χ3v) is 5.66. The molecule has 3 atom stereocenters. The third kappa shape index (κ3) is 3.50. The zero-order valence-electron chi connectivity index (χ0n) is 15.2. The van der Waals surface area contributed by atoms with E-state index >= 15 is 0 Å². The number of aryl methyl sites for hydroxylation is 2. The molecule has 5 heteroatoms. The van der Waals surface area contributed by atoms with Crippen LogP contribution in [0.4, 0.5) is 0 Å². The minimum absolute atomic E-state index is 0.367. The molecule has 0 radical (unpaired) electrons. The number of likely N-dealkylation sites (tertiary alicyclic amines) is 1. The summed E-state index contributed by atoms with van der Waals surface area (Å²) in [6, 6.07) is 11.9. The molecule has 1 aromatic carbocycles. The predicted molar refractivity (Wildman–Crippen MR) is 98.0 cm³/mol. The largest absolute Gasteiger partial charge is 0.361 e. The Morgan fingerprint density at radius 3 is 2.84 bits per heavy atom. The van der Waals surface area contributed by atoms with Crippen LogP contribution < -0.4 is 10.9 Å². The van der Waals surface area contributed by atoms with E-state index in [1.54, 1.807) is 0 Å². The first-order valence-corrected chi connectivity index (χ1v) is 9.49. The molecule has 5 nitrogen and oxygen atoms in total. The maximum absolute atomic E-state index is 5.31. The number of hydrogen-bond donors (Lipinski definition) is 2. The lowest BCUT2D eigenvalue weighted by molar-refractivity contribution is 0.204. The van der Waals surface area contributed by atoms with Crippen molar-refractivity contribution in [3.63, 3.8) is 0 Å². The van der Waals surface area contributed by atoms with Gasteiger partial charge in [0.25, 0.3) is 0 Å². The standard InChI is InChI=1S/C20H28N4O/c1-3-15-6-8-16(9-7-15)20-17(12-21-22-20)13-24-10-4-5-19(24)18-11-14(2)25-23-18/h6-9,11,17,19-22H,3-5,10,12-13H2,1-2H3. The second kappa shape index (κ2) is 7.28. The Morgan fingerprint density at radius 1 is 1.28 bits per heavy atom. The van der Waals surface area contributed by atoms with E-state index in [1.807, 2.05) is 6.92 Å². The molecule has 0 bridgehead atoms. The Morgan fingerprint density at radius 2 is 2.12 bits per heavy atom. The molecule has 4 rings (SSSR count). The lowest BCUT2D eigenvalue weighted by Crippen LogP contribution is -2.33. The van der Waals surface area contributed by atoms with Crippen molar-refractivity contribution in [3.8, 4) is 0 Å². The summed E-state index contributed by atoms with van der Waals surface area (Å²) in [5, 5.41) is 4.27. The highest BCUT2D eigenvalue weighted by molar-refractivity contribution is 5.26. The summed E-state index contributed by atoms with van der Waals surface area (Å²) >= 11 is 0. The van der Waals surface area contributed by atoms with Gasteiger partial charge in [0.1, 0.15) is 11.5 Å². The van der Waals surface area contributed by atoms with Crippen LogP contribution >= 0.6 is 0 Å². The summed E-state index contributed by atoms with van der Waals surface area (Å²) in [6.45, 7) is 7.40. The van der Waals surface area contributed by atoms with Gasteiger partial charge in [0.05, 0.1) is 12.1 Å². The van der Waals surface area contributed by atoms with Crippen LogP contribution in [0, 0.1) is 12.8 Å². The molecule has 3 unspecified atom stereocenters. The molecule has 2 fully saturated rings. The lowest BCUT2D eigenvalue weighted by Gasteiger charge is -2.28. The Balaban J connectivity index is 1.46. The van der Waals surface area contributed by atoms with Gasteiger partial charge >= 0.3 is 0 Å². The highest BCUT2D eigenvalue weighted by Gasteiger charge is 2.35. The van der Waals surface area contributed by atoms with Gasteiger partial charge in [0.15, 0.2) is 0 Å². The van der Waals surface area contributed by atoms with Crippen molar-refractivity contribution in [3.05, 3.63) is 52.9 Å². The summed E-state index contributed by atoms with van der Waals surface area (Å²) in [5.74, 6) is 1.46. The Bertz CT molecular complexity index is 696. The molecule has 1 aromatic heterocycles. The lowest BCUT2D eigenvalue weighted by atomic mass is 9.93. The van der Waals surface area contributed by atoms with E-state index in [4.69, 9.17) is 4.52 Å². The molecule has 2 aliphatic rings. The first-order valence-electron chi connectivity index (χ1n) is 9.49. The monoisotopic (exact) mass is 340 g/mol. The van der Waals surface area contributed by atoms with Crippen LogP contribution in [0.3, 0.4) is 0 Å². The molecule has 0 aliphatic carbocycles. The van der Waals surface area contributed by atoms with E-state index in [0.717, 1.165) is 37.5 Å². The van der Waals surface area contributed by atoms with Gasteiger partial charge in [-0.3, -0.25) is 10.3 Å². The highest BCUT2D eigenvalue weighted by Crippen LogP contribution is 2.34. The fourth-order valence-corrected chi connectivity index (χ4v) is 4.25. The second-order valence-electron chi connectivity index (χ2n) is 7.37. The molecule has 3 heterocycles. The van der Waals surface area contributed by atoms with Crippen molar-refractivity contribution in [2.75, 3.05) is 19.6 Å². The van der Waals surface area contributed by atoms with Gasteiger partial charge in [-0.1, -0.05) is 36.3 Å². The summed E-state index contributed by atoms with van der Waals surface area (Å²) in [7, 11) is 0. The van der Waals surface area contributed by atoms with Crippen LogP contribution in [0.1, 0.15) is 54.4 Å². The molecule has 2 aliphatic heterocycles. The van der Waals surface area contributed by atoms with Crippen LogP contribution in [0.15, 0.2) is 34.9 Å². The van der Waals surface area contributed by atoms with Crippen molar-refractivity contribution >= 4 is 0 Å². The number of hydrazine groups is 1. The van der Waals surface area contributed by atoms with Gasteiger partial charge in [0, 0.05) is 25.1 Å². The van der Waals surface area contributed by atoms with E-state index < -0.39 is 0 Å². The van der Waals surface area contributed by atoms with E-state index in [-0.39, 0.29) is 0 Å². The maximum Gasteiger partial charge on any atom is 0.133 e. The topological polar surface area (TPSA) is 53.3 Å². The predicted octanol–water partition coefficient (Wildman–Crippen LogP) is 3.15. The number of nitrogens with zero attached hydrogens (tertiary/aromatic N) is 2. The molecule has 2 saturated heterocycles. The van der Waals surface area contributed by atoms with Crippen molar-refractivity contribution < 1.29 is 4.52 Å². The Labute approximate surface area is 149 Å². The summed E-state index contributed by atoms with van der Waals surface area (Å²) in [5.41, 5.74) is 10.7. The van der Waals surface area contributed by atoms with Crippen LogP contribution in [0.25, 0.3) is 0 Å². The smallest absolute Gasteiger partial charge is 0.133 e. The quantitative estimate of drug-likeness (QED) is 0.876. The number of rotatable bonds is 5. The van der Waals surface area contributed by atoms with Crippen LogP contribution in [-0.2, 0) is 6.42 Å². The summed E-state index contributed by atoms with van der Waals surface area (Å²) in [4.78, 5) is 2.59. The van der Waals surface area contributed by atoms with Crippen molar-refractivity contribution in [2.24, 2.45) is 5.92 Å². The van der Waals surface area contributed by atoms with Crippen LogP contribution in [0.2, 0.25) is 0 Å². The molecule has 2 N–H and O–H groups in total.